The summed E-state index contributed by atoms with van der Waals surface area (Å²) >= 11 is -5.24. The third-order valence-corrected chi connectivity index (χ3v) is 61.0. The minimum atomic E-state index is -5.24. The second-order valence-corrected chi connectivity index (χ2v) is 99.5. The van der Waals surface area contributed by atoms with Crippen molar-refractivity contribution in [1.29, 1.82) is 0 Å². The van der Waals surface area contributed by atoms with E-state index >= 15 is 0 Å². The van der Waals surface area contributed by atoms with Gasteiger partial charge in [-0.15, -0.1) is 0 Å². The molecule has 6 rings (SSSR count). The van der Waals surface area contributed by atoms with Gasteiger partial charge in [-0.05, 0) is 0 Å². The van der Waals surface area contributed by atoms with Crippen LogP contribution in [0.4, 0.5) is 0 Å². The zero-order valence-electron chi connectivity index (χ0n) is 36.3. The Morgan fingerprint density at radius 2 is 0.792 bits per heavy atom. The summed E-state index contributed by atoms with van der Waals surface area (Å²) in [7, 11) is -6.10. The van der Waals surface area contributed by atoms with E-state index in [1.807, 2.05) is 0 Å². The first kappa shape index (κ1) is 40.6. The van der Waals surface area contributed by atoms with E-state index in [0.717, 1.165) is 4.18 Å². The van der Waals surface area contributed by atoms with E-state index in [0.29, 0.717) is 0 Å². The van der Waals surface area contributed by atoms with Crippen LogP contribution in [0.15, 0.2) is 84.9 Å². The van der Waals surface area contributed by atoms with Crippen LogP contribution in [0, 0.1) is 0 Å². The summed E-state index contributed by atoms with van der Waals surface area (Å²) in [4.78, 5) is 0. The average molecular weight is 938 g/mol. The molecular weight excluding hydrogens is 867 g/mol. The zero-order chi connectivity index (χ0) is 39.5. The van der Waals surface area contributed by atoms with Crippen LogP contribution < -0.4 is 20.7 Å². The second-order valence-electron chi connectivity index (χ2n) is 24.8. The summed E-state index contributed by atoms with van der Waals surface area (Å²) in [5, 5.41) is 6.29. The predicted octanol–water partition coefficient (Wildman–Crippen LogP) is 12.8. The number of benzene rings is 4. The van der Waals surface area contributed by atoms with Crippen molar-refractivity contribution in [2.24, 2.45) is 0 Å². The summed E-state index contributed by atoms with van der Waals surface area (Å²) in [5.41, 5.74) is 11.4. The Kier molecular flexibility index (Phi) is 8.83. The van der Waals surface area contributed by atoms with Crippen molar-refractivity contribution in [2.45, 2.75) is 111 Å². The Bertz CT molecular complexity index is 2140. The molecule has 0 nitrogen and oxygen atoms in total. The van der Waals surface area contributed by atoms with Gasteiger partial charge in [0.25, 0.3) is 0 Å². The molecule has 0 N–H and O–H groups in total. The molecule has 2 aliphatic rings. The van der Waals surface area contributed by atoms with Crippen LogP contribution in [0.2, 0.25) is 96.8 Å². The molecule has 0 aliphatic heterocycles. The maximum absolute atomic E-state index is 5.75. The Morgan fingerprint density at radius 3 is 1.06 bits per heavy atom. The second kappa shape index (κ2) is 11.5. The quantitative estimate of drug-likeness (QED) is 0.147. The van der Waals surface area contributed by atoms with E-state index in [-0.39, 0.29) is 7.35 Å². The zero-order valence-corrected chi connectivity index (χ0v) is 43.9. The summed E-state index contributed by atoms with van der Waals surface area (Å²) in [6.07, 6.45) is 10.2. The number of hydrogen-bond donors (Lipinski definition) is 0. The van der Waals surface area contributed by atoms with Gasteiger partial charge in [-0.1, -0.05) is 0 Å². The molecule has 0 spiro atoms. The third kappa shape index (κ3) is 6.81. The third-order valence-electron chi connectivity index (χ3n) is 14.6. The van der Waals surface area contributed by atoms with Gasteiger partial charge in [0.05, 0.1) is 0 Å². The topological polar surface area (TPSA) is 0 Å². The van der Waals surface area contributed by atoms with Crippen LogP contribution in [-0.2, 0) is 15.1 Å². The fourth-order valence-corrected chi connectivity index (χ4v) is 39.7. The Balaban J connectivity index is 1.54. The summed E-state index contributed by atoms with van der Waals surface area (Å²) in [5.74, 6) is 0. The first-order chi connectivity index (χ1) is 23.9. The van der Waals surface area contributed by atoms with E-state index in [1.54, 1.807) is 20.7 Å². The molecule has 0 amide bonds. The van der Waals surface area contributed by atoms with E-state index in [2.05, 4.69) is 197 Å². The molecule has 2 unspecified atom stereocenters. The Morgan fingerprint density at radius 1 is 0.491 bits per heavy atom. The summed E-state index contributed by atoms with van der Waals surface area (Å²) in [6.45, 7) is 32.4. The van der Waals surface area contributed by atoms with Gasteiger partial charge in [0.15, 0.2) is 0 Å². The van der Waals surface area contributed by atoms with Crippen LogP contribution in [-0.4, -0.2) is 36.6 Å². The molecule has 0 heterocycles. The maximum atomic E-state index is 5.75. The molecule has 4 aromatic carbocycles. The molecule has 4 aromatic rings. The molecule has 282 valence electrons. The number of fused-ring (bicyclic) bond motifs is 2. The van der Waals surface area contributed by atoms with Gasteiger partial charge in [-0.2, -0.15) is 0 Å². The normalized spacial score (nSPS) is 19.7. The van der Waals surface area contributed by atoms with Crippen LogP contribution in [0.1, 0.15) is 36.5 Å². The van der Waals surface area contributed by atoms with Crippen molar-refractivity contribution < 1.29 is 15.1 Å². The first-order valence-corrected chi connectivity index (χ1v) is 54.4. The fraction of sp³-hybridized carbons (Fsp3) is 0.396. The molecule has 5 heteroatoms. The van der Waals surface area contributed by atoms with Crippen molar-refractivity contribution in [1.82, 2.24) is 0 Å². The van der Waals surface area contributed by atoms with Gasteiger partial charge < -0.3 is 0 Å². The number of allylic oxidation sites excluding steroid dienone is 2. The van der Waals surface area contributed by atoms with Crippen molar-refractivity contribution in [3.05, 3.63) is 107 Å². The van der Waals surface area contributed by atoms with Crippen molar-refractivity contribution in [2.75, 3.05) is 0 Å². The monoisotopic (exact) mass is 938 g/mol. The fourth-order valence-electron chi connectivity index (χ4n) is 9.62. The number of rotatable bonds is 9. The molecular formula is C48H70HfSi4. The molecule has 0 aromatic heterocycles. The Hall–Kier alpha value is -2.03. The molecule has 0 saturated carbocycles. The summed E-state index contributed by atoms with van der Waals surface area (Å²) in [6, 6.07) is 29.7. The standard InChI is InChI=1S/2C21H27Si2.C2H5.3CH3.CH2.Hf/c2*1-22(2,3)18-13-17(14-19(15-18)23(4,5)6)21-12-8-10-16-9-7-11-20(16)21;1-2;;;;;/h2*7-15H,1-6H3;1H2,2H3;3*1H3;1H2;. The predicted molar refractivity (Wildman–Crippen MR) is 254 cm³/mol. The van der Waals surface area contributed by atoms with Crippen molar-refractivity contribution in [3.8, 4) is 22.3 Å². The molecule has 2 aliphatic carbocycles. The van der Waals surface area contributed by atoms with Gasteiger partial charge in [-0.25, -0.2) is 0 Å². The molecule has 53 heavy (non-hydrogen) atoms. The number of hydrogen-bond acceptors (Lipinski definition) is 0. The van der Waals surface area contributed by atoms with E-state index < -0.39 is 47.4 Å². The Labute approximate surface area is 322 Å². The molecule has 0 radical (unpaired) electrons. The van der Waals surface area contributed by atoms with Crippen LogP contribution in [0.3, 0.4) is 0 Å². The summed E-state index contributed by atoms with van der Waals surface area (Å²) < 4.78 is 15.6. The minimum absolute atomic E-state index is 0.286. The van der Waals surface area contributed by atoms with Gasteiger partial charge in [0.1, 0.15) is 0 Å². The van der Waals surface area contributed by atoms with Gasteiger partial charge >= 0.3 is 325 Å². The van der Waals surface area contributed by atoms with E-state index in [4.69, 9.17) is 4.26 Å². The molecule has 0 saturated heterocycles. The van der Waals surface area contributed by atoms with Crippen molar-refractivity contribution in [3.63, 3.8) is 0 Å². The van der Waals surface area contributed by atoms with Crippen LogP contribution >= 0.6 is 0 Å². The van der Waals surface area contributed by atoms with Crippen LogP contribution in [0.5, 0.6) is 0 Å². The average Bonchev–Trinajstić information content (AvgIpc) is 3.70. The van der Waals surface area contributed by atoms with E-state index in [9.17, 15) is 0 Å². The molecule has 0 bridgehead atoms. The van der Waals surface area contributed by atoms with E-state index in [1.165, 1.54) is 44.5 Å². The van der Waals surface area contributed by atoms with Crippen molar-refractivity contribution >= 4 is 69.5 Å². The SMILES string of the molecule is [CH2]=[Hf]([CH3])([CH3])([CH3])([CH2]C)([CH]1C=Cc2c(-c3cc([Si](C)(C)C)cc([Si](C)(C)C)c3)cccc21)[CH]1C=Cc2c(-c3cc([Si](C)(C)C)cc([Si](C)(C)C)c3)cccc21. The van der Waals surface area contributed by atoms with Gasteiger partial charge in [-0.3, -0.25) is 0 Å². The first-order valence-electron chi connectivity index (χ1n) is 20.4. The molecule has 0 fully saturated rings. The van der Waals surface area contributed by atoms with Gasteiger partial charge in [0.2, 0.25) is 0 Å². The molecule has 2 atom stereocenters. The van der Waals surface area contributed by atoms with Gasteiger partial charge in [0, 0.05) is 0 Å². The van der Waals surface area contributed by atoms with Crippen LogP contribution in [0.25, 0.3) is 34.4 Å².